The van der Waals surface area contributed by atoms with E-state index < -0.39 is 24.5 Å². The topological polar surface area (TPSA) is 12.0 Å². The van der Waals surface area contributed by atoms with Crippen molar-refractivity contribution in [2.45, 2.75) is 38.4 Å². The summed E-state index contributed by atoms with van der Waals surface area (Å²) in [6.07, 6.45) is -4.39. The van der Waals surface area contributed by atoms with Crippen LogP contribution in [0.5, 0.6) is 0 Å². The lowest BCUT2D eigenvalue weighted by Gasteiger charge is -2.20. The summed E-state index contributed by atoms with van der Waals surface area (Å²) in [5.41, 5.74) is 0.315. The summed E-state index contributed by atoms with van der Waals surface area (Å²) in [6, 6.07) is 5.16. The van der Waals surface area contributed by atoms with Gasteiger partial charge in [-0.3, -0.25) is 0 Å². The minimum atomic E-state index is -4.24. The SMILES string of the molecule is CCCNC(Cc1ccccc1F)CC(F)(F)F. The third-order valence-corrected chi connectivity index (χ3v) is 2.59. The third kappa shape index (κ3) is 5.49. The van der Waals surface area contributed by atoms with E-state index in [1.54, 1.807) is 6.07 Å². The fourth-order valence-electron chi connectivity index (χ4n) is 1.77. The average Bonchev–Trinajstić information content (AvgIpc) is 2.27. The van der Waals surface area contributed by atoms with E-state index in [1.165, 1.54) is 18.2 Å². The fraction of sp³-hybridized carbons (Fsp3) is 0.538. The Balaban J connectivity index is 2.69. The van der Waals surface area contributed by atoms with Crippen LogP contribution in [0, 0.1) is 5.82 Å². The predicted octanol–water partition coefficient (Wildman–Crippen LogP) is 3.69. The smallest absolute Gasteiger partial charge is 0.313 e. The van der Waals surface area contributed by atoms with Crippen molar-refractivity contribution >= 4 is 0 Å². The van der Waals surface area contributed by atoms with Crippen LogP contribution in [-0.2, 0) is 6.42 Å². The Bertz CT molecular complexity index is 362. The summed E-state index contributed by atoms with van der Waals surface area (Å²) in [5.74, 6) is -0.456. The van der Waals surface area contributed by atoms with E-state index in [4.69, 9.17) is 0 Å². The lowest BCUT2D eigenvalue weighted by atomic mass is 10.0. The highest BCUT2D eigenvalue weighted by Crippen LogP contribution is 2.23. The zero-order chi connectivity index (χ0) is 13.6. The standard InChI is InChI=1S/C13H17F4N/c1-2-7-18-11(9-13(15,16)17)8-10-5-3-4-6-12(10)14/h3-6,11,18H,2,7-9H2,1H3. The molecule has 0 fully saturated rings. The Morgan fingerprint density at radius 1 is 1.22 bits per heavy atom. The Morgan fingerprint density at radius 3 is 2.44 bits per heavy atom. The van der Waals surface area contributed by atoms with Crippen LogP contribution in [0.25, 0.3) is 0 Å². The van der Waals surface area contributed by atoms with Crippen LogP contribution < -0.4 is 5.32 Å². The van der Waals surface area contributed by atoms with Crippen LogP contribution in [0.15, 0.2) is 24.3 Å². The highest BCUT2D eigenvalue weighted by atomic mass is 19.4. The molecule has 18 heavy (non-hydrogen) atoms. The van der Waals surface area contributed by atoms with Crippen molar-refractivity contribution < 1.29 is 17.6 Å². The summed E-state index contributed by atoms with van der Waals surface area (Å²) in [5, 5.41) is 2.81. The molecular formula is C13H17F4N. The molecule has 5 heteroatoms. The molecule has 0 radical (unpaired) electrons. The molecule has 0 aliphatic carbocycles. The van der Waals surface area contributed by atoms with Crippen molar-refractivity contribution in [3.05, 3.63) is 35.6 Å². The van der Waals surface area contributed by atoms with E-state index in [-0.39, 0.29) is 6.42 Å². The highest BCUT2D eigenvalue weighted by molar-refractivity contribution is 5.18. The molecule has 0 saturated heterocycles. The normalized spacial score (nSPS) is 13.6. The van der Waals surface area contributed by atoms with E-state index in [0.29, 0.717) is 12.1 Å². The Labute approximate surface area is 104 Å². The largest absolute Gasteiger partial charge is 0.390 e. The first-order chi connectivity index (χ1) is 8.42. The van der Waals surface area contributed by atoms with Gasteiger partial charge >= 0.3 is 6.18 Å². The van der Waals surface area contributed by atoms with Gasteiger partial charge in [-0.2, -0.15) is 13.2 Å². The number of nitrogens with one attached hydrogen (secondary N) is 1. The second-order valence-electron chi connectivity index (χ2n) is 4.27. The van der Waals surface area contributed by atoms with Gasteiger partial charge in [0.2, 0.25) is 0 Å². The monoisotopic (exact) mass is 263 g/mol. The number of rotatable bonds is 6. The third-order valence-electron chi connectivity index (χ3n) is 2.59. The zero-order valence-electron chi connectivity index (χ0n) is 10.2. The first-order valence-corrected chi connectivity index (χ1v) is 5.96. The van der Waals surface area contributed by atoms with Crippen LogP contribution in [0.3, 0.4) is 0 Å². The molecule has 102 valence electrons. The Kier molecular flexibility index (Phi) is 5.59. The molecule has 1 rings (SSSR count). The summed E-state index contributed by atoms with van der Waals surface area (Å²) in [7, 11) is 0. The fourth-order valence-corrected chi connectivity index (χ4v) is 1.77. The van der Waals surface area contributed by atoms with Crippen molar-refractivity contribution in [3.8, 4) is 0 Å². The van der Waals surface area contributed by atoms with Crippen LogP contribution in [0.2, 0.25) is 0 Å². The maximum atomic E-state index is 13.4. The molecule has 0 heterocycles. The van der Waals surface area contributed by atoms with Crippen LogP contribution in [0.4, 0.5) is 17.6 Å². The van der Waals surface area contributed by atoms with Crippen molar-refractivity contribution in [1.29, 1.82) is 0 Å². The van der Waals surface area contributed by atoms with Crippen LogP contribution in [-0.4, -0.2) is 18.8 Å². The molecule has 0 bridgehead atoms. The van der Waals surface area contributed by atoms with E-state index in [1.807, 2.05) is 6.92 Å². The first kappa shape index (κ1) is 15.0. The number of benzene rings is 1. The van der Waals surface area contributed by atoms with Gasteiger partial charge < -0.3 is 5.32 Å². The molecule has 0 amide bonds. The van der Waals surface area contributed by atoms with Gasteiger partial charge in [0, 0.05) is 6.04 Å². The zero-order valence-corrected chi connectivity index (χ0v) is 10.2. The number of alkyl halides is 3. The molecule has 1 N–H and O–H groups in total. The Hall–Kier alpha value is -1.10. The first-order valence-electron chi connectivity index (χ1n) is 5.96. The summed E-state index contributed by atoms with van der Waals surface area (Å²) in [6.45, 7) is 2.37. The molecule has 0 aromatic heterocycles. The van der Waals surface area contributed by atoms with Gasteiger partial charge in [-0.05, 0) is 31.0 Å². The van der Waals surface area contributed by atoms with Gasteiger partial charge in [0.1, 0.15) is 5.82 Å². The Morgan fingerprint density at radius 2 is 1.89 bits per heavy atom. The van der Waals surface area contributed by atoms with Gasteiger partial charge in [-0.15, -0.1) is 0 Å². The van der Waals surface area contributed by atoms with Crippen LogP contribution >= 0.6 is 0 Å². The minimum Gasteiger partial charge on any atom is -0.313 e. The number of halogens is 4. The molecule has 0 aliphatic heterocycles. The maximum Gasteiger partial charge on any atom is 0.390 e. The molecule has 1 nitrogen and oxygen atoms in total. The number of hydrogen-bond donors (Lipinski definition) is 1. The van der Waals surface area contributed by atoms with Crippen molar-refractivity contribution in [3.63, 3.8) is 0 Å². The van der Waals surface area contributed by atoms with Crippen molar-refractivity contribution in [1.82, 2.24) is 5.32 Å². The molecular weight excluding hydrogens is 246 g/mol. The van der Waals surface area contributed by atoms with Crippen LogP contribution in [0.1, 0.15) is 25.3 Å². The molecule has 1 aromatic carbocycles. The maximum absolute atomic E-state index is 13.4. The predicted molar refractivity (Wildman–Crippen MR) is 62.9 cm³/mol. The number of hydrogen-bond acceptors (Lipinski definition) is 1. The van der Waals surface area contributed by atoms with Gasteiger partial charge in [-0.1, -0.05) is 25.1 Å². The van der Waals surface area contributed by atoms with Gasteiger partial charge in [0.15, 0.2) is 0 Å². The second kappa shape index (κ2) is 6.73. The lowest BCUT2D eigenvalue weighted by molar-refractivity contribution is -0.139. The molecule has 1 aromatic rings. The highest BCUT2D eigenvalue weighted by Gasteiger charge is 2.31. The van der Waals surface area contributed by atoms with Crippen molar-refractivity contribution in [2.24, 2.45) is 0 Å². The van der Waals surface area contributed by atoms with E-state index in [9.17, 15) is 17.6 Å². The summed E-state index contributed by atoms with van der Waals surface area (Å²) >= 11 is 0. The molecule has 1 atom stereocenters. The molecule has 0 spiro atoms. The molecule has 1 unspecified atom stereocenters. The van der Waals surface area contributed by atoms with E-state index >= 15 is 0 Å². The van der Waals surface area contributed by atoms with Gasteiger partial charge in [-0.25, -0.2) is 4.39 Å². The van der Waals surface area contributed by atoms with Gasteiger partial charge in [0.25, 0.3) is 0 Å². The van der Waals surface area contributed by atoms with Gasteiger partial charge in [0.05, 0.1) is 6.42 Å². The average molecular weight is 263 g/mol. The summed E-state index contributed by atoms with van der Waals surface area (Å²) < 4.78 is 50.6. The lowest BCUT2D eigenvalue weighted by Crippen LogP contribution is -2.36. The second-order valence-corrected chi connectivity index (χ2v) is 4.27. The molecule has 0 aliphatic rings. The minimum absolute atomic E-state index is 0.0478. The molecule has 0 saturated carbocycles. The summed E-state index contributed by atoms with van der Waals surface area (Å²) in [4.78, 5) is 0. The van der Waals surface area contributed by atoms with E-state index in [2.05, 4.69) is 5.32 Å². The van der Waals surface area contributed by atoms with E-state index in [0.717, 1.165) is 6.42 Å². The quantitative estimate of drug-likeness (QED) is 0.772. The van der Waals surface area contributed by atoms with Crippen molar-refractivity contribution in [2.75, 3.05) is 6.54 Å².